The Morgan fingerprint density at radius 1 is 0.759 bits per heavy atom. The zero-order chi connectivity index (χ0) is 20.1. The fourth-order valence-corrected chi connectivity index (χ4v) is 4.05. The Morgan fingerprint density at radius 2 is 1.41 bits per heavy atom. The molecule has 0 radical (unpaired) electrons. The average molecular weight is 400 g/mol. The third kappa shape index (κ3) is 4.61. The van der Waals surface area contributed by atoms with Gasteiger partial charge in [-0.2, -0.15) is 0 Å². The summed E-state index contributed by atoms with van der Waals surface area (Å²) in [6, 6.07) is 29.3. The van der Waals surface area contributed by atoms with E-state index in [1.807, 2.05) is 84.9 Å². The standard InChI is InChI=1S/C25H20O3S/c26-22-17-23(21-13-7-12-20(16-21)19-10-5-2-6-11-19)28-25(27)24(22)29-15-14-18-8-3-1-4-9-18/h1-13,16-17,26H,14-15H2. The van der Waals surface area contributed by atoms with Crippen molar-refractivity contribution in [2.75, 3.05) is 5.75 Å². The number of hydrogen-bond acceptors (Lipinski definition) is 4. The zero-order valence-electron chi connectivity index (χ0n) is 15.7. The van der Waals surface area contributed by atoms with E-state index in [0.717, 1.165) is 23.1 Å². The van der Waals surface area contributed by atoms with Crippen molar-refractivity contribution in [3.8, 4) is 28.2 Å². The molecule has 0 aliphatic rings. The molecule has 0 atom stereocenters. The van der Waals surface area contributed by atoms with Crippen LogP contribution in [-0.2, 0) is 6.42 Å². The first-order valence-electron chi connectivity index (χ1n) is 9.40. The lowest BCUT2D eigenvalue weighted by Crippen LogP contribution is -2.04. The van der Waals surface area contributed by atoms with Crippen molar-refractivity contribution in [2.45, 2.75) is 11.3 Å². The van der Waals surface area contributed by atoms with E-state index >= 15 is 0 Å². The second kappa shape index (κ2) is 8.84. The van der Waals surface area contributed by atoms with Gasteiger partial charge >= 0.3 is 5.63 Å². The highest BCUT2D eigenvalue weighted by atomic mass is 32.2. The molecule has 29 heavy (non-hydrogen) atoms. The van der Waals surface area contributed by atoms with Gasteiger partial charge in [0.15, 0.2) is 0 Å². The molecular formula is C25H20O3S. The van der Waals surface area contributed by atoms with Crippen LogP contribution in [0.2, 0.25) is 0 Å². The lowest BCUT2D eigenvalue weighted by Gasteiger charge is -2.08. The molecule has 0 fully saturated rings. The molecule has 1 aromatic heterocycles. The van der Waals surface area contributed by atoms with Crippen LogP contribution in [0.15, 0.2) is 105 Å². The molecule has 4 rings (SSSR count). The second-order valence-electron chi connectivity index (χ2n) is 6.64. The van der Waals surface area contributed by atoms with Crippen LogP contribution >= 0.6 is 11.8 Å². The Bertz CT molecular complexity index is 1150. The van der Waals surface area contributed by atoms with Gasteiger partial charge in [-0.25, -0.2) is 4.79 Å². The summed E-state index contributed by atoms with van der Waals surface area (Å²) in [6.07, 6.45) is 0.811. The van der Waals surface area contributed by atoms with Crippen LogP contribution in [0.4, 0.5) is 0 Å². The molecule has 0 bridgehead atoms. The molecule has 3 nitrogen and oxygen atoms in total. The van der Waals surface area contributed by atoms with Gasteiger partial charge in [0.2, 0.25) is 0 Å². The summed E-state index contributed by atoms with van der Waals surface area (Å²) in [4.78, 5) is 12.7. The van der Waals surface area contributed by atoms with Gasteiger partial charge in [-0.3, -0.25) is 0 Å². The Hall–Kier alpha value is -3.24. The van der Waals surface area contributed by atoms with Crippen molar-refractivity contribution in [3.05, 3.63) is 107 Å². The summed E-state index contributed by atoms with van der Waals surface area (Å²) in [5, 5.41) is 10.4. The maximum atomic E-state index is 12.5. The van der Waals surface area contributed by atoms with Gasteiger partial charge < -0.3 is 9.52 Å². The normalized spacial score (nSPS) is 10.8. The molecule has 0 spiro atoms. The van der Waals surface area contributed by atoms with E-state index in [1.165, 1.54) is 23.4 Å². The van der Waals surface area contributed by atoms with Gasteiger partial charge in [-0.1, -0.05) is 78.9 Å². The number of benzene rings is 3. The molecule has 0 aliphatic heterocycles. The highest BCUT2D eigenvalue weighted by Crippen LogP contribution is 2.31. The van der Waals surface area contributed by atoms with Crippen molar-refractivity contribution in [1.29, 1.82) is 0 Å². The lowest BCUT2D eigenvalue weighted by molar-refractivity contribution is 0.430. The number of aryl methyl sites for hydroxylation is 1. The van der Waals surface area contributed by atoms with E-state index in [1.54, 1.807) is 0 Å². The van der Waals surface area contributed by atoms with E-state index < -0.39 is 5.63 Å². The van der Waals surface area contributed by atoms with Gasteiger partial charge in [0.1, 0.15) is 16.4 Å². The maximum absolute atomic E-state index is 12.5. The van der Waals surface area contributed by atoms with Crippen molar-refractivity contribution in [3.63, 3.8) is 0 Å². The van der Waals surface area contributed by atoms with Crippen molar-refractivity contribution < 1.29 is 9.52 Å². The fraction of sp³-hybridized carbons (Fsp3) is 0.0800. The molecular weight excluding hydrogens is 380 g/mol. The molecule has 0 saturated carbocycles. The van der Waals surface area contributed by atoms with E-state index in [0.29, 0.717) is 11.5 Å². The Labute approximate surface area is 173 Å². The molecule has 0 unspecified atom stereocenters. The van der Waals surface area contributed by atoms with Crippen LogP contribution in [0.5, 0.6) is 5.75 Å². The van der Waals surface area contributed by atoms with Crippen LogP contribution in [0, 0.1) is 0 Å². The number of thioether (sulfide) groups is 1. The molecule has 4 aromatic rings. The molecule has 1 heterocycles. The molecule has 144 valence electrons. The van der Waals surface area contributed by atoms with Crippen LogP contribution < -0.4 is 5.63 Å². The first-order chi connectivity index (χ1) is 14.2. The van der Waals surface area contributed by atoms with Crippen LogP contribution in [0.25, 0.3) is 22.5 Å². The second-order valence-corrected chi connectivity index (χ2v) is 7.75. The van der Waals surface area contributed by atoms with Crippen LogP contribution in [-0.4, -0.2) is 10.9 Å². The minimum atomic E-state index is -0.511. The van der Waals surface area contributed by atoms with E-state index in [-0.39, 0.29) is 10.6 Å². The quantitative estimate of drug-likeness (QED) is 0.403. The largest absolute Gasteiger partial charge is 0.506 e. The predicted octanol–water partition coefficient (Wildman–Crippen LogP) is 6.01. The zero-order valence-corrected chi connectivity index (χ0v) is 16.6. The fourth-order valence-electron chi connectivity index (χ4n) is 3.14. The van der Waals surface area contributed by atoms with E-state index in [9.17, 15) is 9.90 Å². The monoisotopic (exact) mass is 400 g/mol. The molecule has 0 aliphatic carbocycles. The molecule has 0 saturated heterocycles. The Balaban J connectivity index is 1.55. The molecule has 4 heteroatoms. The van der Waals surface area contributed by atoms with Crippen molar-refractivity contribution in [2.24, 2.45) is 0 Å². The van der Waals surface area contributed by atoms with Gasteiger partial charge in [0.05, 0.1) is 0 Å². The van der Waals surface area contributed by atoms with E-state index in [2.05, 4.69) is 0 Å². The van der Waals surface area contributed by atoms with E-state index in [4.69, 9.17) is 4.42 Å². The summed E-state index contributed by atoms with van der Waals surface area (Å²) in [7, 11) is 0. The van der Waals surface area contributed by atoms with Gasteiger partial charge in [0.25, 0.3) is 0 Å². The average Bonchev–Trinajstić information content (AvgIpc) is 2.77. The predicted molar refractivity (Wildman–Crippen MR) is 118 cm³/mol. The summed E-state index contributed by atoms with van der Waals surface area (Å²) >= 11 is 1.32. The Kier molecular flexibility index (Phi) is 5.82. The van der Waals surface area contributed by atoms with Crippen LogP contribution in [0.1, 0.15) is 5.56 Å². The minimum Gasteiger partial charge on any atom is -0.506 e. The summed E-state index contributed by atoms with van der Waals surface area (Å²) < 4.78 is 5.53. The highest BCUT2D eigenvalue weighted by molar-refractivity contribution is 7.99. The van der Waals surface area contributed by atoms with Gasteiger partial charge in [0, 0.05) is 17.4 Å². The van der Waals surface area contributed by atoms with Crippen molar-refractivity contribution in [1.82, 2.24) is 0 Å². The van der Waals surface area contributed by atoms with Crippen LogP contribution in [0.3, 0.4) is 0 Å². The molecule has 1 N–H and O–H groups in total. The number of hydrogen-bond donors (Lipinski definition) is 1. The summed E-state index contributed by atoms with van der Waals surface area (Å²) in [5.41, 5.74) is 3.53. The number of aromatic hydroxyl groups is 1. The first-order valence-corrected chi connectivity index (χ1v) is 10.4. The minimum absolute atomic E-state index is 0.0422. The highest BCUT2D eigenvalue weighted by Gasteiger charge is 2.13. The first kappa shape index (κ1) is 19.1. The SMILES string of the molecule is O=c1oc(-c2cccc(-c3ccccc3)c2)cc(O)c1SCCc1ccccc1. The molecule has 0 amide bonds. The van der Waals surface area contributed by atoms with Gasteiger partial charge in [-0.15, -0.1) is 11.8 Å². The molecule has 3 aromatic carbocycles. The number of rotatable bonds is 6. The smallest absolute Gasteiger partial charge is 0.353 e. The van der Waals surface area contributed by atoms with Crippen molar-refractivity contribution >= 4 is 11.8 Å². The Morgan fingerprint density at radius 3 is 2.14 bits per heavy atom. The maximum Gasteiger partial charge on any atom is 0.353 e. The third-order valence-corrected chi connectivity index (χ3v) is 5.70. The summed E-state index contributed by atoms with van der Waals surface area (Å²) in [5.74, 6) is 1.00. The topological polar surface area (TPSA) is 50.4 Å². The van der Waals surface area contributed by atoms with Gasteiger partial charge in [-0.05, 0) is 29.2 Å². The third-order valence-electron chi connectivity index (χ3n) is 4.62. The summed E-state index contributed by atoms with van der Waals surface area (Å²) in [6.45, 7) is 0. The lowest BCUT2D eigenvalue weighted by atomic mass is 10.0.